The largest absolute Gasteiger partial charge is 0.341 e. The first-order valence-corrected chi connectivity index (χ1v) is 6.81. The van der Waals surface area contributed by atoms with Crippen LogP contribution < -0.4 is 11.1 Å². The highest BCUT2D eigenvalue weighted by Gasteiger charge is 2.09. The summed E-state index contributed by atoms with van der Waals surface area (Å²) in [5.74, 6) is -0.0730. The van der Waals surface area contributed by atoms with E-state index < -0.39 is 0 Å². The molecule has 19 heavy (non-hydrogen) atoms. The number of amides is 1. The Labute approximate surface area is 120 Å². The number of hydrogen-bond acceptors (Lipinski definition) is 2. The van der Waals surface area contributed by atoms with E-state index in [9.17, 15) is 4.79 Å². The van der Waals surface area contributed by atoms with Crippen LogP contribution in [0.5, 0.6) is 0 Å². The minimum Gasteiger partial charge on any atom is -0.341 e. The highest BCUT2D eigenvalue weighted by Crippen LogP contribution is 2.16. The van der Waals surface area contributed by atoms with Crippen LogP contribution in [-0.4, -0.2) is 10.5 Å². The maximum absolute atomic E-state index is 12.0. The number of halogens is 1. The second-order valence-electron chi connectivity index (χ2n) is 4.41. The lowest BCUT2D eigenvalue weighted by atomic mass is 10.2. The number of nitrogens with zero attached hydrogens (tertiary/aromatic N) is 1. The van der Waals surface area contributed by atoms with Crippen LogP contribution in [0.4, 0.5) is 5.69 Å². The minimum absolute atomic E-state index is 0.0730. The molecule has 0 fully saturated rings. The highest BCUT2D eigenvalue weighted by molar-refractivity contribution is 9.10. The molecular formula is C14H16BrN3O. The predicted octanol–water partition coefficient (Wildman–Crippen LogP) is 2.91. The van der Waals surface area contributed by atoms with Gasteiger partial charge in [-0.25, -0.2) is 0 Å². The molecule has 0 saturated carbocycles. The highest BCUT2D eigenvalue weighted by atomic mass is 79.9. The molecule has 4 nitrogen and oxygen atoms in total. The molecule has 0 spiro atoms. The zero-order chi connectivity index (χ0) is 13.8. The molecule has 5 heteroatoms. The number of carbonyl (C=O) groups excluding carboxylic acids is 1. The van der Waals surface area contributed by atoms with Gasteiger partial charge in [0.05, 0.1) is 0 Å². The third-order valence-corrected chi connectivity index (χ3v) is 3.25. The molecule has 1 heterocycles. The number of nitrogens with two attached hydrogens (primary N) is 1. The SMILES string of the molecule is CC(N)c1cccn1CC(=O)Nc1cccc(Br)c1. The molecule has 2 aromatic rings. The average Bonchev–Trinajstić information content (AvgIpc) is 2.76. The van der Waals surface area contributed by atoms with Crippen molar-refractivity contribution < 1.29 is 4.79 Å². The molecule has 0 aliphatic carbocycles. The monoisotopic (exact) mass is 321 g/mol. The van der Waals surface area contributed by atoms with E-state index >= 15 is 0 Å². The van der Waals surface area contributed by atoms with Gasteiger partial charge in [-0.05, 0) is 37.3 Å². The lowest BCUT2D eigenvalue weighted by molar-refractivity contribution is -0.116. The molecule has 1 amide bonds. The quantitative estimate of drug-likeness (QED) is 0.909. The molecule has 0 saturated heterocycles. The smallest absolute Gasteiger partial charge is 0.244 e. The Bertz CT molecular complexity index is 578. The van der Waals surface area contributed by atoms with E-state index in [1.54, 1.807) is 0 Å². The van der Waals surface area contributed by atoms with E-state index in [-0.39, 0.29) is 18.5 Å². The second-order valence-corrected chi connectivity index (χ2v) is 5.32. The summed E-state index contributed by atoms with van der Waals surface area (Å²) in [4.78, 5) is 12.0. The van der Waals surface area contributed by atoms with Gasteiger partial charge in [-0.1, -0.05) is 22.0 Å². The minimum atomic E-state index is -0.0892. The van der Waals surface area contributed by atoms with Gasteiger partial charge in [-0.3, -0.25) is 4.79 Å². The summed E-state index contributed by atoms with van der Waals surface area (Å²) in [6.45, 7) is 2.16. The van der Waals surface area contributed by atoms with Crippen LogP contribution >= 0.6 is 15.9 Å². The molecule has 0 aliphatic rings. The molecule has 0 aliphatic heterocycles. The summed E-state index contributed by atoms with van der Waals surface area (Å²) in [6, 6.07) is 11.2. The van der Waals surface area contributed by atoms with Crippen LogP contribution in [0.25, 0.3) is 0 Å². The van der Waals surface area contributed by atoms with Gasteiger partial charge in [0.15, 0.2) is 0 Å². The molecule has 1 atom stereocenters. The number of hydrogen-bond donors (Lipinski definition) is 2. The molecular weight excluding hydrogens is 306 g/mol. The van der Waals surface area contributed by atoms with Crippen molar-refractivity contribution in [2.75, 3.05) is 5.32 Å². The van der Waals surface area contributed by atoms with Gasteiger partial charge in [0.25, 0.3) is 0 Å². The van der Waals surface area contributed by atoms with Crippen LogP contribution in [0.3, 0.4) is 0 Å². The van der Waals surface area contributed by atoms with Crippen molar-refractivity contribution in [2.24, 2.45) is 5.73 Å². The third kappa shape index (κ3) is 3.68. The van der Waals surface area contributed by atoms with Crippen LogP contribution in [-0.2, 0) is 11.3 Å². The fourth-order valence-electron chi connectivity index (χ4n) is 1.91. The van der Waals surface area contributed by atoms with Crippen molar-refractivity contribution in [1.29, 1.82) is 0 Å². The summed E-state index contributed by atoms with van der Waals surface area (Å²) in [5, 5.41) is 2.86. The van der Waals surface area contributed by atoms with Gasteiger partial charge in [-0.2, -0.15) is 0 Å². The van der Waals surface area contributed by atoms with E-state index in [1.807, 2.05) is 54.1 Å². The summed E-state index contributed by atoms with van der Waals surface area (Å²) in [7, 11) is 0. The molecule has 3 N–H and O–H groups in total. The number of rotatable bonds is 4. The Morgan fingerprint density at radius 3 is 2.89 bits per heavy atom. The van der Waals surface area contributed by atoms with Gasteiger partial charge in [0.1, 0.15) is 6.54 Å². The first-order chi connectivity index (χ1) is 9.06. The first kappa shape index (κ1) is 13.8. The summed E-state index contributed by atoms with van der Waals surface area (Å²) < 4.78 is 2.79. The average molecular weight is 322 g/mol. The molecule has 1 aromatic heterocycles. The third-order valence-electron chi connectivity index (χ3n) is 2.75. The van der Waals surface area contributed by atoms with E-state index in [4.69, 9.17) is 5.73 Å². The molecule has 100 valence electrons. The number of anilines is 1. The number of carbonyl (C=O) groups is 1. The van der Waals surface area contributed by atoms with Crippen molar-refractivity contribution in [3.8, 4) is 0 Å². The fourth-order valence-corrected chi connectivity index (χ4v) is 2.31. The summed E-state index contributed by atoms with van der Waals surface area (Å²) >= 11 is 3.37. The predicted molar refractivity (Wildman–Crippen MR) is 79.8 cm³/mol. The van der Waals surface area contributed by atoms with Crippen molar-refractivity contribution in [2.45, 2.75) is 19.5 Å². The first-order valence-electron chi connectivity index (χ1n) is 6.02. The van der Waals surface area contributed by atoms with E-state index in [2.05, 4.69) is 21.2 Å². The van der Waals surface area contributed by atoms with Crippen LogP contribution in [0.15, 0.2) is 47.1 Å². The lowest BCUT2D eigenvalue weighted by Gasteiger charge is -2.12. The Morgan fingerprint density at radius 2 is 2.21 bits per heavy atom. The standard InChI is InChI=1S/C14H16BrN3O/c1-10(16)13-6-3-7-18(13)9-14(19)17-12-5-2-4-11(15)8-12/h2-8,10H,9,16H2,1H3,(H,17,19). The Balaban J connectivity index is 2.03. The Kier molecular flexibility index (Phi) is 4.39. The van der Waals surface area contributed by atoms with Gasteiger partial charge in [-0.15, -0.1) is 0 Å². The molecule has 0 radical (unpaired) electrons. The van der Waals surface area contributed by atoms with Gasteiger partial charge < -0.3 is 15.6 Å². The van der Waals surface area contributed by atoms with E-state index in [1.165, 1.54) is 0 Å². The van der Waals surface area contributed by atoms with E-state index in [0.29, 0.717) is 0 Å². The van der Waals surface area contributed by atoms with E-state index in [0.717, 1.165) is 15.9 Å². The van der Waals surface area contributed by atoms with Crippen molar-refractivity contribution in [3.05, 3.63) is 52.8 Å². The van der Waals surface area contributed by atoms with Gasteiger partial charge >= 0.3 is 0 Å². The maximum atomic E-state index is 12.0. The van der Waals surface area contributed by atoms with Gasteiger partial charge in [0, 0.05) is 28.1 Å². The Morgan fingerprint density at radius 1 is 1.42 bits per heavy atom. The molecule has 2 rings (SSSR count). The zero-order valence-corrected chi connectivity index (χ0v) is 12.2. The second kappa shape index (κ2) is 6.04. The topological polar surface area (TPSA) is 60.0 Å². The van der Waals surface area contributed by atoms with Gasteiger partial charge in [0.2, 0.25) is 5.91 Å². The van der Waals surface area contributed by atoms with Crippen LogP contribution in [0.1, 0.15) is 18.7 Å². The number of aromatic nitrogens is 1. The van der Waals surface area contributed by atoms with Crippen LogP contribution in [0.2, 0.25) is 0 Å². The number of nitrogens with one attached hydrogen (secondary N) is 1. The molecule has 1 aromatic carbocycles. The van der Waals surface area contributed by atoms with Crippen molar-refractivity contribution in [3.63, 3.8) is 0 Å². The fraction of sp³-hybridized carbons (Fsp3) is 0.214. The summed E-state index contributed by atoms with van der Waals surface area (Å²) in [5.41, 5.74) is 7.57. The molecule has 1 unspecified atom stereocenters. The summed E-state index contributed by atoms with van der Waals surface area (Å²) in [6.07, 6.45) is 1.86. The van der Waals surface area contributed by atoms with Crippen molar-refractivity contribution >= 4 is 27.5 Å². The lowest BCUT2D eigenvalue weighted by Crippen LogP contribution is -2.21. The maximum Gasteiger partial charge on any atom is 0.244 e. The number of benzene rings is 1. The molecule has 0 bridgehead atoms. The van der Waals surface area contributed by atoms with Crippen LogP contribution in [0, 0.1) is 0 Å². The Hall–Kier alpha value is -1.59. The normalized spacial score (nSPS) is 12.2. The van der Waals surface area contributed by atoms with Crippen molar-refractivity contribution in [1.82, 2.24) is 4.57 Å². The zero-order valence-electron chi connectivity index (χ0n) is 10.6.